The Morgan fingerprint density at radius 1 is 1.07 bits per heavy atom. The molecule has 4 aromatic rings. The largest absolute Gasteiger partial charge is 0.484 e. The van der Waals surface area contributed by atoms with E-state index in [0.29, 0.717) is 5.75 Å². The summed E-state index contributed by atoms with van der Waals surface area (Å²) in [5.74, 6) is 0.308. The Hall–Kier alpha value is -3.29. The molecule has 0 aliphatic rings. The predicted molar refractivity (Wildman–Crippen MR) is 126 cm³/mol. The molecule has 0 saturated heterocycles. The van der Waals surface area contributed by atoms with Gasteiger partial charge in [0.25, 0.3) is 5.91 Å². The van der Waals surface area contributed by atoms with Crippen LogP contribution >= 0.6 is 23.6 Å². The summed E-state index contributed by atoms with van der Waals surface area (Å²) in [5, 5.41) is 6.91. The number of para-hydroxylation sites is 2. The number of amides is 1. The lowest BCUT2D eigenvalue weighted by Gasteiger charge is -2.13. The smallest absolute Gasteiger partial charge is 0.264 e. The monoisotopic (exact) mass is 433 g/mol. The van der Waals surface area contributed by atoms with Crippen LogP contribution in [0.3, 0.4) is 0 Å². The molecular formula is C23H19N3O2S2. The first-order chi connectivity index (χ1) is 14.6. The van der Waals surface area contributed by atoms with E-state index in [9.17, 15) is 4.79 Å². The van der Waals surface area contributed by atoms with Crippen LogP contribution in [0.2, 0.25) is 0 Å². The van der Waals surface area contributed by atoms with Crippen molar-refractivity contribution in [3.8, 4) is 16.3 Å². The molecule has 0 spiro atoms. The topological polar surface area (TPSA) is 63.2 Å². The molecule has 0 unspecified atom stereocenters. The van der Waals surface area contributed by atoms with E-state index in [4.69, 9.17) is 21.9 Å². The van der Waals surface area contributed by atoms with Gasteiger partial charge in [-0.25, -0.2) is 4.98 Å². The zero-order chi connectivity index (χ0) is 20.9. The number of aromatic nitrogens is 1. The van der Waals surface area contributed by atoms with E-state index in [0.717, 1.165) is 32.0 Å². The van der Waals surface area contributed by atoms with Gasteiger partial charge >= 0.3 is 0 Å². The quantitative estimate of drug-likeness (QED) is 0.426. The van der Waals surface area contributed by atoms with Crippen LogP contribution in [0.25, 0.3) is 20.8 Å². The van der Waals surface area contributed by atoms with Gasteiger partial charge in [-0.1, -0.05) is 42.5 Å². The molecule has 5 nitrogen and oxygen atoms in total. The molecule has 3 aromatic carbocycles. The van der Waals surface area contributed by atoms with E-state index in [-0.39, 0.29) is 17.6 Å². The van der Waals surface area contributed by atoms with Crippen molar-refractivity contribution in [3.05, 3.63) is 78.4 Å². The fourth-order valence-electron chi connectivity index (χ4n) is 2.87. The molecule has 150 valence electrons. The minimum Gasteiger partial charge on any atom is -0.484 e. The highest BCUT2D eigenvalue weighted by Crippen LogP contribution is 2.32. The normalized spacial score (nSPS) is 10.6. The second-order valence-corrected chi connectivity index (χ2v) is 8.06. The number of benzene rings is 3. The lowest BCUT2D eigenvalue weighted by Crippen LogP contribution is -2.37. The summed E-state index contributed by atoms with van der Waals surface area (Å²) in [6.45, 7) is 1.87. The average Bonchev–Trinajstić information content (AvgIpc) is 3.19. The van der Waals surface area contributed by atoms with E-state index in [1.54, 1.807) is 23.5 Å². The molecule has 0 saturated carbocycles. The molecule has 0 atom stereocenters. The molecule has 0 radical (unpaired) electrons. The molecule has 4 rings (SSSR count). The average molecular weight is 434 g/mol. The lowest BCUT2D eigenvalue weighted by atomic mass is 10.1. The van der Waals surface area contributed by atoms with Crippen molar-refractivity contribution >= 4 is 50.5 Å². The molecule has 0 aliphatic heterocycles. The number of nitrogens with zero attached hydrogens (tertiary/aromatic N) is 1. The van der Waals surface area contributed by atoms with Crippen molar-refractivity contribution in [1.29, 1.82) is 0 Å². The number of carbonyl (C=O) groups is 1. The van der Waals surface area contributed by atoms with Crippen molar-refractivity contribution in [3.63, 3.8) is 0 Å². The van der Waals surface area contributed by atoms with Gasteiger partial charge < -0.3 is 10.1 Å². The SMILES string of the molecule is Cc1ccc(-c2nc3ccccc3s2)cc1NC(=S)NC(=O)COc1ccccc1. The summed E-state index contributed by atoms with van der Waals surface area (Å²) in [7, 11) is 0. The minimum absolute atomic E-state index is 0.115. The highest BCUT2D eigenvalue weighted by molar-refractivity contribution is 7.80. The van der Waals surface area contributed by atoms with E-state index in [2.05, 4.69) is 16.7 Å². The summed E-state index contributed by atoms with van der Waals surface area (Å²) in [5.41, 5.74) is 3.80. The maximum atomic E-state index is 12.1. The molecule has 0 aliphatic carbocycles. The van der Waals surface area contributed by atoms with Gasteiger partial charge in [0.05, 0.1) is 10.2 Å². The van der Waals surface area contributed by atoms with Gasteiger partial charge in [-0.2, -0.15) is 0 Å². The first-order valence-corrected chi connectivity index (χ1v) is 10.6. The Balaban J connectivity index is 1.41. The zero-order valence-corrected chi connectivity index (χ0v) is 17.8. The number of anilines is 1. The second-order valence-electron chi connectivity index (χ2n) is 6.62. The highest BCUT2D eigenvalue weighted by atomic mass is 32.1. The highest BCUT2D eigenvalue weighted by Gasteiger charge is 2.11. The number of thiazole rings is 1. The first kappa shape index (κ1) is 20.0. The summed E-state index contributed by atoms with van der Waals surface area (Å²) in [4.78, 5) is 16.8. The molecule has 0 bridgehead atoms. The maximum Gasteiger partial charge on any atom is 0.264 e. The van der Waals surface area contributed by atoms with E-state index >= 15 is 0 Å². The van der Waals surface area contributed by atoms with Crippen molar-refractivity contribution in [1.82, 2.24) is 10.3 Å². The molecular weight excluding hydrogens is 414 g/mol. The molecule has 2 N–H and O–H groups in total. The van der Waals surface area contributed by atoms with E-state index in [1.807, 2.05) is 61.5 Å². The third-order valence-corrected chi connectivity index (χ3v) is 5.68. The maximum absolute atomic E-state index is 12.1. The number of aryl methyl sites for hydroxylation is 1. The Morgan fingerprint density at radius 2 is 1.83 bits per heavy atom. The van der Waals surface area contributed by atoms with Gasteiger partial charge in [0.2, 0.25) is 0 Å². The summed E-state index contributed by atoms with van der Waals surface area (Å²) >= 11 is 6.94. The van der Waals surface area contributed by atoms with Crippen molar-refractivity contribution < 1.29 is 9.53 Å². The number of hydrogen-bond acceptors (Lipinski definition) is 5. The van der Waals surface area contributed by atoms with Crippen molar-refractivity contribution in [2.24, 2.45) is 0 Å². The van der Waals surface area contributed by atoms with Crippen LogP contribution in [0.15, 0.2) is 72.8 Å². The Bertz CT molecular complexity index is 1170. The van der Waals surface area contributed by atoms with E-state index < -0.39 is 0 Å². The Kier molecular flexibility index (Phi) is 6.02. The minimum atomic E-state index is -0.323. The van der Waals surface area contributed by atoms with Gasteiger partial charge in [0.1, 0.15) is 10.8 Å². The van der Waals surface area contributed by atoms with Gasteiger partial charge in [0, 0.05) is 11.3 Å². The van der Waals surface area contributed by atoms with Crippen LogP contribution in [0.4, 0.5) is 5.69 Å². The summed E-state index contributed by atoms with van der Waals surface area (Å²) in [6.07, 6.45) is 0. The predicted octanol–water partition coefficient (Wildman–Crippen LogP) is 5.16. The zero-order valence-electron chi connectivity index (χ0n) is 16.2. The number of nitrogens with one attached hydrogen (secondary N) is 2. The number of thiocarbonyl (C=S) groups is 1. The van der Waals surface area contributed by atoms with Crippen LogP contribution in [-0.2, 0) is 4.79 Å². The fraction of sp³-hybridized carbons (Fsp3) is 0.0870. The molecule has 1 amide bonds. The van der Waals surface area contributed by atoms with Crippen LogP contribution in [0.1, 0.15) is 5.56 Å². The summed E-state index contributed by atoms with van der Waals surface area (Å²) in [6, 6.07) is 23.3. The third kappa shape index (κ3) is 4.82. The lowest BCUT2D eigenvalue weighted by molar-refractivity contribution is -0.121. The molecule has 30 heavy (non-hydrogen) atoms. The Labute approximate surface area is 183 Å². The molecule has 0 fully saturated rings. The number of rotatable bonds is 5. The second kappa shape index (κ2) is 9.02. The molecule has 7 heteroatoms. The van der Waals surface area contributed by atoms with Crippen LogP contribution < -0.4 is 15.4 Å². The van der Waals surface area contributed by atoms with Gasteiger partial charge in [0.15, 0.2) is 11.7 Å². The van der Waals surface area contributed by atoms with Crippen molar-refractivity contribution in [2.75, 3.05) is 11.9 Å². The standard InChI is InChI=1S/C23H19N3O2S2/c1-15-11-12-16(22-24-18-9-5-6-10-20(18)30-22)13-19(15)25-23(29)26-21(27)14-28-17-7-3-2-4-8-17/h2-13H,14H2,1H3,(H2,25,26,27,29). The van der Waals surface area contributed by atoms with Crippen LogP contribution in [0.5, 0.6) is 5.75 Å². The third-order valence-electron chi connectivity index (χ3n) is 4.39. The van der Waals surface area contributed by atoms with Crippen molar-refractivity contribution in [2.45, 2.75) is 6.92 Å². The molecule has 1 aromatic heterocycles. The number of hydrogen-bond donors (Lipinski definition) is 2. The number of carbonyl (C=O) groups excluding carboxylic acids is 1. The summed E-state index contributed by atoms with van der Waals surface area (Å²) < 4.78 is 6.58. The van der Waals surface area contributed by atoms with Crippen LogP contribution in [0, 0.1) is 6.92 Å². The first-order valence-electron chi connectivity index (χ1n) is 9.34. The fourth-order valence-corrected chi connectivity index (χ4v) is 4.05. The van der Waals surface area contributed by atoms with Gasteiger partial charge in [-0.3, -0.25) is 10.1 Å². The van der Waals surface area contributed by atoms with E-state index in [1.165, 1.54) is 0 Å². The molecule has 1 heterocycles. The number of fused-ring (bicyclic) bond motifs is 1. The van der Waals surface area contributed by atoms with Gasteiger partial charge in [-0.15, -0.1) is 11.3 Å². The van der Waals surface area contributed by atoms with Gasteiger partial charge in [-0.05, 0) is 55.0 Å². The number of ether oxygens (including phenoxy) is 1. The van der Waals surface area contributed by atoms with Crippen LogP contribution in [-0.4, -0.2) is 22.6 Å². The Morgan fingerprint density at radius 3 is 2.63 bits per heavy atom.